The predicted molar refractivity (Wildman–Crippen MR) is 68.8 cm³/mol. The van der Waals surface area contributed by atoms with Gasteiger partial charge in [-0.2, -0.15) is 10.5 Å². The first kappa shape index (κ1) is 13.1. The van der Waals surface area contributed by atoms with E-state index in [1.807, 2.05) is 12.1 Å². The average Bonchev–Trinajstić information content (AvgIpc) is 2.53. The van der Waals surface area contributed by atoms with Crippen LogP contribution in [0.5, 0.6) is 0 Å². The maximum absolute atomic E-state index is 12.0. The number of aromatic nitrogens is 1. The number of nitrogens with zero attached hydrogens (tertiary/aromatic N) is 3. The lowest BCUT2D eigenvalue weighted by molar-refractivity contribution is 0.0814. The fraction of sp³-hybridized carbons (Fsp3) is 0. The lowest BCUT2D eigenvalue weighted by Gasteiger charge is -2.01. The van der Waals surface area contributed by atoms with Crippen LogP contribution < -0.4 is 0 Å². The van der Waals surface area contributed by atoms with Gasteiger partial charge in [-0.3, -0.25) is 14.6 Å². The third-order valence-electron chi connectivity index (χ3n) is 2.63. The van der Waals surface area contributed by atoms with E-state index in [0.717, 1.165) is 0 Å². The van der Waals surface area contributed by atoms with Gasteiger partial charge >= 0.3 is 0 Å². The molecule has 2 aromatic rings. The summed E-state index contributed by atoms with van der Waals surface area (Å²) in [6.45, 7) is 0. The minimum Gasteiger partial charge on any atom is -0.285 e. The summed E-state index contributed by atoms with van der Waals surface area (Å²) in [4.78, 5) is 27.8. The van der Waals surface area contributed by atoms with Crippen LogP contribution in [0.25, 0.3) is 0 Å². The molecule has 2 rings (SSSR count). The molecule has 0 amide bonds. The number of pyridine rings is 1. The normalized spacial score (nSPS) is 9.30. The molecule has 0 spiro atoms. The molecular weight excluding hydrogens is 254 g/mol. The molecule has 5 nitrogen and oxygen atoms in total. The molecule has 1 heterocycles. The number of ketones is 2. The van der Waals surface area contributed by atoms with Crippen molar-refractivity contribution in [1.82, 2.24) is 4.98 Å². The Balaban J connectivity index is 2.38. The standard InChI is InChI=1S/C15H7N3O2/c16-8-11-5-4-10(7-12(11)9-17)14(19)15(20)13-3-1-2-6-18-13/h1-7H. The molecule has 0 atom stereocenters. The van der Waals surface area contributed by atoms with E-state index >= 15 is 0 Å². The zero-order valence-electron chi connectivity index (χ0n) is 10.2. The van der Waals surface area contributed by atoms with Crippen molar-refractivity contribution >= 4 is 11.6 Å². The molecule has 0 aliphatic carbocycles. The number of hydrogen-bond acceptors (Lipinski definition) is 5. The number of rotatable bonds is 3. The maximum atomic E-state index is 12.0. The minimum absolute atomic E-state index is 0.0420. The Morgan fingerprint density at radius 3 is 2.30 bits per heavy atom. The molecular formula is C15H7N3O2. The van der Waals surface area contributed by atoms with E-state index in [1.54, 1.807) is 12.1 Å². The molecule has 0 aliphatic rings. The Morgan fingerprint density at radius 1 is 0.950 bits per heavy atom. The molecule has 1 aromatic carbocycles. The van der Waals surface area contributed by atoms with Crippen LogP contribution in [0.15, 0.2) is 42.6 Å². The lowest BCUT2D eigenvalue weighted by atomic mass is 10.00. The second kappa shape index (κ2) is 5.55. The topological polar surface area (TPSA) is 94.6 Å². The summed E-state index contributed by atoms with van der Waals surface area (Å²) in [5.74, 6) is -1.51. The van der Waals surface area contributed by atoms with E-state index in [1.165, 1.54) is 30.5 Å². The average molecular weight is 261 g/mol. The number of carbonyl (C=O) groups excluding carboxylic acids is 2. The third-order valence-corrected chi connectivity index (χ3v) is 2.63. The van der Waals surface area contributed by atoms with Gasteiger partial charge in [0.1, 0.15) is 17.8 Å². The summed E-state index contributed by atoms with van der Waals surface area (Å²) < 4.78 is 0. The zero-order chi connectivity index (χ0) is 14.5. The Bertz CT molecular complexity index is 768. The van der Waals surface area contributed by atoms with Crippen molar-refractivity contribution in [3.8, 4) is 12.1 Å². The molecule has 0 unspecified atom stereocenters. The molecule has 0 bridgehead atoms. The van der Waals surface area contributed by atoms with Crippen molar-refractivity contribution < 1.29 is 9.59 Å². The van der Waals surface area contributed by atoms with Crippen LogP contribution >= 0.6 is 0 Å². The van der Waals surface area contributed by atoms with E-state index in [2.05, 4.69) is 4.98 Å². The van der Waals surface area contributed by atoms with E-state index in [-0.39, 0.29) is 22.4 Å². The highest BCUT2D eigenvalue weighted by Crippen LogP contribution is 2.12. The second-order valence-corrected chi connectivity index (χ2v) is 3.86. The fourth-order valence-electron chi connectivity index (χ4n) is 1.62. The van der Waals surface area contributed by atoms with Crippen molar-refractivity contribution in [2.45, 2.75) is 0 Å². The van der Waals surface area contributed by atoms with Gasteiger partial charge in [-0.15, -0.1) is 0 Å². The first-order chi connectivity index (χ1) is 9.67. The third kappa shape index (κ3) is 2.43. The van der Waals surface area contributed by atoms with E-state index in [0.29, 0.717) is 0 Å². The highest BCUT2D eigenvalue weighted by Gasteiger charge is 2.20. The lowest BCUT2D eigenvalue weighted by Crippen LogP contribution is -2.16. The molecule has 20 heavy (non-hydrogen) atoms. The summed E-state index contributed by atoms with van der Waals surface area (Å²) in [5, 5.41) is 17.7. The van der Waals surface area contributed by atoms with E-state index in [9.17, 15) is 9.59 Å². The van der Waals surface area contributed by atoms with E-state index in [4.69, 9.17) is 10.5 Å². The molecule has 5 heteroatoms. The second-order valence-electron chi connectivity index (χ2n) is 3.86. The summed E-state index contributed by atoms with van der Waals surface area (Å²) in [7, 11) is 0. The van der Waals surface area contributed by atoms with Crippen molar-refractivity contribution in [1.29, 1.82) is 10.5 Å². The van der Waals surface area contributed by atoms with Crippen molar-refractivity contribution in [2.75, 3.05) is 0 Å². The number of Topliss-reactive ketones (excluding diaryl/α,β-unsaturated/α-hetero) is 2. The van der Waals surface area contributed by atoms with Gasteiger partial charge in [0.2, 0.25) is 5.78 Å². The van der Waals surface area contributed by atoms with Gasteiger partial charge in [-0.25, -0.2) is 0 Å². The highest BCUT2D eigenvalue weighted by molar-refractivity contribution is 6.48. The maximum Gasteiger partial charge on any atom is 0.251 e. The number of nitriles is 2. The monoisotopic (exact) mass is 261 g/mol. The van der Waals surface area contributed by atoms with Crippen LogP contribution in [0.4, 0.5) is 0 Å². The van der Waals surface area contributed by atoms with Gasteiger partial charge in [0, 0.05) is 11.8 Å². The Hall–Kier alpha value is -3.31. The molecule has 1 aromatic heterocycles. The quantitative estimate of drug-likeness (QED) is 0.621. The molecule has 94 valence electrons. The molecule has 0 N–H and O–H groups in total. The smallest absolute Gasteiger partial charge is 0.251 e. The van der Waals surface area contributed by atoms with Gasteiger partial charge < -0.3 is 0 Å². The Morgan fingerprint density at radius 2 is 1.70 bits per heavy atom. The van der Waals surface area contributed by atoms with Crippen LogP contribution in [-0.2, 0) is 0 Å². The SMILES string of the molecule is N#Cc1ccc(C(=O)C(=O)c2ccccn2)cc1C#N. The number of carbonyl (C=O) groups is 2. The molecule has 0 saturated heterocycles. The van der Waals surface area contributed by atoms with Crippen molar-refractivity contribution in [2.24, 2.45) is 0 Å². The fourth-order valence-corrected chi connectivity index (χ4v) is 1.62. The van der Waals surface area contributed by atoms with Crippen LogP contribution in [0, 0.1) is 22.7 Å². The van der Waals surface area contributed by atoms with Gasteiger partial charge in [0.15, 0.2) is 0 Å². The molecule has 0 aliphatic heterocycles. The number of hydrogen-bond donors (Lipinski definition) is 0. The molecule has 0 radical (unpaired) electrons. The Labute approximate surface area is 114 Å². The summed E-state index contributed by atoms with van der Waals surface area (Å²) >= 11 is 0. The first-order valence-corrected chi connectivity index (χ1v) is 5.61. The summed E-state index contributed by atoms with van der Waals surface area (Å²) in [6, 6.07) is 12.3. The van der Waals surface area contributed by atoms with E-state index < -0.39 is 11.6 Å². The van der Waals surface area contributed by atoms with Crippen molar-refractivity contribution in [3.63, 3.8) is 0 Å². The van der Waals surface area contributed by atoms with Crippen LogP contribution in [0.1, 0.15) is 32.0 Å². The highest BCUT2D eigenvalue weighted by atomic mass is 16.2. The summed E-state index contributed by atoms with van der Waals surface area (Å²) in [6.07, 6.45) is 1.42. The van der Waals surface area contributed by atoms with Crippen molar-refractivity contribution in [3.05, 3.63) is 65.0 Å². The van der Waals surface area contributed by atoms with Gasteiger partial charge in [-0.1, -0.05) is 6.07 Å². The zero-order valence-corrected chi connectivity index (χ0v) is 10.2. The number of benzene rings is 1. The van der Waals surface area contributed by atoms with Crippen LogP contribution in [0.2, 0.25) is 0 Å². The minimum atomic E-state index is -0.760. The molecule has 0 saturated carbocycles. The van der Waals surface area contributed by atoms with Gasteiger partial charge in [0.05, 0.1) is 11.1 Å². The predicted octanol–water partition coefficient (Wildman–Crippen LogP) is 1.89. The van der Waals surface area contributed by atoms with Gasteiger partial charge in [0.25, 0.3) is 5.78 Å². The largest absolute Gasteiger partial charge is 0.285 e. The van der Waals surface area contributed by atoms with Crippen LogP contribution in [0.3, 0.4) is 0 Å². The van der Waals surface area contributed by atoms with Gasteiger partial charge in [-0.05, 0) is 30.3 Å². The summed E-state index contributed by atoms with van der Waals surface area (Å²) in [5.41, 5.74) is 0.332. The Kier molecular flexibility index (Phi) is 3.65. The van der Waals surface area contributed by atoms with Crippen LogP contribution in [-0.4, -0.2) is 16.6 Å². The molecule has 0 fully saturated rings. The first-order valence-electron chi connectivity index (χ1n) is 5.61.